The summed E-state index contributed by atoms with van der Waals surface area (Å²) in [5.41, 5.74) is 3.26. The molecular weight excluding hydrogens is 320 g/mol. The zero-order chi connectivity index (χ0) is 16.9. The van der Waals surface area contributed by atoms with E-state index in [1.807, 2.05) is 36.1 Å². The van der Waals surface area contributed by atoms with E-state index in [0.29, 0.717) is 0 Å². The van der Waals surface area contributed by atoms with E-state index < -0.39 is 0 Å². The Morgan fingerprint density at radius 3 is 2.79 bits per heavy atom. The average Bonchev–Trinajstić information content (AvgIpc) is 3.06. The van der Waals surface area contributed by atoms with Gasteiger partial charge < -0.3 is 14.6 Å². The summed E-state index contributed by atoms with van der Waals surface area (Å²) in [5, 5.41) is 11.5. The molecule has 0 saturated heterocycles. The van der Waals surface area contributed by atoms with Gasteiger partial charge in [-0.1, -0.05) is 18.2 Å². The number of aryl methyl sites for hydroxylation is 1. The van der Waals surface area contributed by atoms with Crippen molar-refractivity contribution in [2.75, 3.05) is 18.7 Å². The number of nitrogens with zero attached hydrogens (tertiary/aromatic N) is 3. The van der Waals surface area contributed by atoms with Crippen LogP contribution in [0.25, 0.3) is 11.4 Å². The van der Waals surface area contributed by atoms with Gasteiger partial charge in [0.15, 0.2) is 5.82 Å². The molecule has 0 aliphatic rings. The van der Waals surface area contributed by atoms with E-state index in [4.69, 9.17) is 4.74 Å². The monoisotopic (exact) mass is 340 g/mol. The number of rotatable bonds is 6. The molecule has 0 spiro atoms. The Balaban J connectivity index is 1.74. The van der Waals surface area contributed by atoms with Gasteiger partial charge in [0.25, 0.3) is 0 Å². The van der Waals surface area contributed by atoms with Crippen molar-refractivity contribution >= 4 is 17.4 Å². The van der Waals surface area contributed by atoms with E-state index in [2.05, 4.69) is 39.8 Å². The van der Waals surface area contributed by atoms with E-state index in [1.54, 1.807) is 25.2 Å². The zero-order valence-corrected chi connectivity index (χ0v) is 14.8. The van der Waals surface area contributed by atoms with Crippen molar-refractivity contribution < 1.29 is 4.74 Å². The van der Waals surface area contributed by atoms with Crippen LogP contribution in [0.5, 0.6) is 5.75 Å². The van der Waals surface area contributed by atoms with Gasteiger partial charge >= 0.3 is 0 Å². The number of nitrogens with one attached hydrogen (secondary N) is 1. The third-order valence-corrected chi connectivity index (χ3v) is 4.55. The van der Waals surface area contributed by atoms with Crippen LogP contribution in [-0.2, 0) is 13.6 Å². The average molecular weight is 340 g/mol. The zero-order valence-electron chi connectivity index (χ0n) is 14.0. The molecule has 24 heavy (non-hydrogen) atoms. The first-order chi connectivity index (χ1) is 11.7. The summed E-state index contributed by atoms with van der Waals surface area (Å²) in [5.74, 6) is 1.76. The summed E-state index contributed by atoms with van der Waals surface area (Å²) in [6.45, 7) is 0.729. The molecule has 124 valence electrons. The van der Waals surface area contributed by atoms with Crippen molar-refractivity contribution in [1.82, 2.24) is 14.8 Å². The molecule has 3 rings (SSSR count). The molecule has 0 aliphatic heterocycles. The standard InChI is InChI=1S/C18H20N4OS/c1-22-12-20-21-18(22)14-5-4-6-15(10-14)19-11-13-7-8-17(24-3)16(9-13)23-2/h4-10,12,19H,11H2,1-3H3. The molecule has 5 nitrogen and oxygen atoms in total. The summed E-state index contributed by atoms with van der Waals surface area (Å²) in [6, 6.07) is 14.5. The van der Waals surface area contributed by atoms with Crippen molar-refractivity contribution in [2.24, 2.45) is 7.05 Å². The Kier molecular flexibility index (Phi) is 5.05. The van der Waals surface area contributed by atoms with E-state index >= 15 is 0 Å². The molecule has 0 fully saturated rings. The number of aromatic nitrogens is 3. The summed E-state index contributed by atoms with van der Waals surface area (Å²) >= 11 is 1.68. The number of benzene rings is 2. The van der Waals surface area contributed by atoms with E-state index in [1.165, 1.54) is 5.56 Å². The Hall–Kier alpha value is -2.47. The van der Waals surface area contributed by atoms with Crippen molar-refractivity contribution in [3.8, 4) is 17.1 Å². The fraction of sp³-hybridized carbons (Fsp3) is 0.222. The third-order valence-electron chi connectivity index (χ3n) is 3.78. The number of ether oxygens (including phenoxy) is 1. The lowest BCUT2D eigenvalue weighted by Crippen LogP contribution is -2.01. The maximum Gasteiger partial charge on any atom is 0.163 e. The minimum Gasteiger partial charge on any atom is -0.496 e. The predicted molar refractivity (Wildman–Crippen MR) is 98.5 cm³/mol. The first-order valence-electron chi connectivity index (χ1n) is 7.60. The van der Waals surface area contributed by atoms with Crippen molar-refractivity contribution in [3.63, 3.8) is 0 Å². The number of hydrogen-bond acceptors (Lipinski definition) is 5. The Bertz CT molecular complexity index is 831. The first kappa shape index (κ1) is 16.4. The van der Waals surface area contributed by atoms with Gasteiger partial charge in [0.1, 0.15) is 12.1 Å². The van der Waals surface area contributed by atoms with Crippen molar-refractivity contribution in [1.29, 1.82) is 0 Å². The van der Waals surface area contributed by atoms with Crippen LogP contribution in [0, 0.1) is 0 Å². The molecule has 0 bridgehead atoms. The highest BCUT2D eigenvalue weighted by Crippen LogP contribution is 2.28. The van der Waals surface area contributed by atoms with Crippen LogP contribution in [0.3, 0.4) is 0 Å². The largest absolute Gasteiger partial charge is 0.496 e. The minimum atomic E-state index is 0.729. The van der Waals surface area contributed by atoms with Gasteiger partial charge in [-0.2, -0.15) is 0 Å². The fourth-order valence-electron chi connectivity index (χ4n) is 2.51. The SMILES string of the molecule is COc1cc(CNc2cccc(-c3nncn3C)c2)ccc1SC. The third kappa shape index (κ3) is 3.54. The van der Waals surface area contributed by atoms with Gasteiger partial charge in [0, 0.05) is 29.7 Å². The smallest absolute Gasteiger partial charge is 0.163 e. The molecule has 0 atom stereocenters. The predicted octanol–water partition coefficient (Wildman–Crippen LogP) is 3.82. The Morgan fingerprint density at radius 1 is 1.21 bits per heavy atom. The molecule has 1 N–H and O–H groups in total. The molecule has 1 heterocycles. The second kappa shape index (κ2) is 7.40. The van der Waals surface area contributed by atoms with Crippen LogP contribution in [0.15, 0.2) is 53.7 Å². The second-order valence-electron chi connectivity index (χ2n) is 5.39. The molecule has 0 radical (unpaired) electrons. The molecule has 0 saturated carbocycles. The Labute approximate surface area is 146 Å². The highest BCUT2D eigenvalue weighted by atomic mass is 32.2. The van der Waals surface area contributed by atoms with Crippen molar-refractivity contribution in [2.45, 2.75) is 11.4 Å². The van der Waals surface area contributed by atoms with E-state index in [-0.39, 0.29) is 0 Å². The van der Waals surface area contributed by atoms with Gasteiger partial charge in [-0.3, -0.25) is 0 Å². The highest BCUT2D eigenvalue weighted by molar-refractivity contribution is 7.98. The minimum absolute atomic E-state index is 0.729. The highest BCUT2D eigenvalue weighted by Gasteiger charge is 2.06. The Morgan fingerprint density at radius 2 is 2.08 bits per heavy atom. The molecule has 0 unspecified atom stereocenters. The van der Waals surface area contributed by atoms with Crippen LogP contribution in [0.2, 0.25) is 0 Å². The molecule has 6 heteroatoms. The van der Waals surface area contributed by atoms with Crippen LogP contribution in [-0.4, -0.2) is 28.1 Å². The number of thioether (sulfide) groups is 1. The number of anilines is 1. The van der Waals surface area contributed by atoms with Crippen LogP contribution in [0.1, 0.15) is 5.56 Å². The van der Waals surface area contributed by atoms with Crippen molar-refractivity contribution in [3.05, 3.63) is 54.4 Å². The number of methoxy groups -OCH3 is 1. The first-order valence-corrected chi connectivity index (χ1v) is 8.83. The summed E-state index contributed by atoms with van der Waals surface area (Å²) in [6.07, 6.45) is 3.75. The molecule has 2 aromatic carbocycles. The van der Waals surface area contributed by atoms with Gasteiger partial charge in [0.2, 0.25) is 0 Å². The van der Waals surface area contributed by atoms with E-state index in [9.17, 15) is 0 Å². The van der Waals surface area contributed by atoms with Gasteiger partial charge in [-0.05, 0) is 36.1 Å². The maximum atomic E-state index is 5.44. The summed E-state index contributed by atoms with van der Waals surface area (Å²) in [7, 11) is 3.64. The van der Waals surface area contributed by atoms with Gasteiger partial charge in [-0.15, -0.1) is 22.0 Å². The molecule has 1 aromatic heterocycles. The molecule has 0 aliphatic carbocycles. The molecule has 0 amide bonds. The fourth-order valence-corrected chi connectivity index (χ4v) is 3.06. The lowest BCUT2D eigenvalue weighted by Gasteiger charge is -2.11. The van der Waals surface area contributed by atoms with Crippen LogP contribution >= 0.6 is 11.8 Å². The lowest BCUT2D eigenvalue weighted by molar-refractivity contribution is 0.404. The van der Waals surface area contributed by atoms with Crippen LogP contribution < -0.4 is 10.1 Å². The summed E-state index contributed by atoms with van der Waals surface area (Å²) < 4.78 is 7.35. The van der Waals surface area contributed by atoms with Crippen LogP contribution in [0.4, 0.5) is 5.69 Å². The van der Waals surface area contributed by atoms with E-state index in [0.717, 1.165) is 34.3 Å². The lowest BCUT2D eigenvalue weighted by atomic mass is 10.1. The summed E-state index contributed by atoms with van der Waals surface area (Å²) in [4.78, 5) is 1.14. The normalized spacial score (nSPS) is 10.6. The maximum absolute atomic E-state index is 5.44. The van der Waals surface area contributed by atoms with Gasteiger partial charge in [0.05, 0.1) is 7.11 Å². The second-order valence-corrected chi connectivity index (χ2v) is 6.24. The van der Waals surface area contributed by atoms with Gasteiger partial charge in [-0.25, -0.2) is 0 Å². The topological polar surface area (TPSA) is 52.0 Å². The molecule has 3 aromatic rings. The number of hydrogen-bond donors (Lipinski definition) is 1. The molecular formula is C18H20N4OS. The quantitative estimate of drug-likeness (QED) is 0.691.